The Kier molecular flexibility index (Phi) is 3.70. The van der Waals surface area contributed by atoms with Crippen LogP contribution in [0, 0.1) is 11.8 Å². The van der Waals surface area contributed by atoms with Crippen molar-refractivity contribution in [1.82, 2.24) is 0 Å². The Labute approximate surface area is 103 Å². The second kappa shape index (κ2) is 4.89. The van der Waals surface area contributed by atoms with Crippen molar-refractivity contribution < 1.29 is 0 Å². The van der Waals surface area contributed by atoms with Crippen LogP contribution < -0.4 is 5.73 Å². The molecule has 2 rings (SSSR count). The smallest absolute Gasteiger partial charge is 0.0160 e. The van der Waals surface area contributed by atoms with Crippen LogP contribution in [-0.4, -0.2) is 5.54 Å². The van der Waals surface area contributed by atoms with Crippen LogP contribution in [0.5, 0.6) is 0 Å². The van der Waals surface area contributed by atoms with Gasteiger partial charge in [-0.2, -0.15) is 0 Å². The Morgan fingerprint density at radius 1 is 1.44 bits per heavy atom. The molecule has 2 heteroatoms. The molecule has 1 aromatic rings. The van der Waals surface area contributed by atoms with Crippen molar-refractivity contribution in [2.75, 3.05) is 0 Å². The Hall–Kier alpha value is -0.340. The van der Waals surface area contributed by atoms with E-state index in [1.54, 1.807) is 0 Å². The fourth-order valence-electron chi connectivity index (χ4n) is 2.80. The number of rotatable bonds is 3. The molecular formula is C14H23NS. The van der Waals surface area contributed by atoms with E-state index in [-0.39, 0.29) is 5.54 Å². The summed E-state index contributed by atoms with van der Waals surface area (Å²) in [5, 5.41) is 2.16. The molecule has 2 N–H and O–H groups in total. The van der Waals surface area contributed by atoms with E-state index in [0.717, 1.165) is 24.7 Å². The van der Waals surface area contributed by atoms with Crippen molar-refractivity contribution in [3.05, 3.63) is 22.4 Å². The lowest BCUT2D eigenvalue weighted by Crippen LogP contribution is -2.46. The SMILES string of the molecule is CC1CCC(N)(CCc2cccs2)CC1C. The molecule has 0 radical (unpaired) electrons. The second-order valence-electron chi connectivity index (χ2n) is 5.64. The highest BCUT2D eigenvalue weighted by molar-refractivity contribution is 7.09. The molecule has 1 aliphatic carbocycles. The van der Waals surface area contributed by atoms with Crippen LogP contribution in [0.25, 0.3) is 0 Å². The molecule has 0 spiro atoms. The van der Waals surface area contributed by atoms with Gasteiger partial charge in [0, 0.05) is 10.4 Å². The lowest BCUT2D eigenvalue weighted by Gasteiger charge is -2.40. The molecule has 0 bridgehead atoms. The van der Waals surface area contributed by atoms with E-state index >= 15 is 0 Å². The predicted molar refractivity (Wildman–Crippen MR) is 71.7 cm³/mol. The highest BCUT2D eigenvalue weighted by Gasteiger charge is 2.33. The molecule has 3 unspecified atom stereocenters. The van der Waals surface area contributed by atoms with Crippen LogP contribution in [0.2, 0.25) is 0 Å². The van der Waals surface area contributed by atoms with Crippen molar-refractivity contribution >= 4 is 11.3 Å². The van der Waals surface area contributed by atoms with Crippen LogP contribution in [0.15, 0.2) is 17.5 Å². The molecule has 1 aliphatic rings. The summed E-state index contributed by atoms with van der Waals surface area (Å²) in [4.78, 5) is 1.48. The molecule has 1 saturated carbocycles. The van der Waals surface area contributed by atoms with Crippen molar-refractivity contribution in [3.63, 3.8) is 0 Å². The van der Waals surface area contributed by atoms with Gasteiger partial charge in [0.15, 0.2) is 0 Å². The number of hydrogen-bond donors (Lipinski definition) is 1. The number of thiophene rings is 1. The topological polar surface area (TPSA) is 26.0 Å². The van der Waals surface area contributed by atoms with E-state index in [2.05, 4.69) is 31.4 Å². The third kappa shape index (κ3) is 2.86. The first-order valence-corrected chi connectivity index (χ1v) is 7.28. The van der Waals surface area contributed by atoms with E-state index in [0.29, 0.717) is 0 Å². The van der Waals surface area contributed by atoms with Gasteiger partial charge in [-0.15, -0.1) is 11.3 Å². The van der Waals surface area contributed by atoms with Gasteiger partial charge in [-0.3, -0.25) is 0 Å². The minimum atomic E-state index is 0.107. The summed E-state index contributed by atoms with van der Waals surface area (Å²) in [5.41, 5.74) is 6.64. The molecule has 0 saturated heterocycles. The molecule has 0 aliphatic heterocycles. The molecule has 1 heterocycles. The maximum Gasteiger partial charge on any atom is 0.0160 e. The third-order valence-corrected chi connectivity index (χ3v) is 5.18. The first-order chi connectivity index (χ1) is 7.59. The predicted octanol–water partition coefficient (Wildman–Crippen LogP) is 3.83. The normalized spacial score (nSPS) is 35.2. The largest absolute Gasteiger partial charge is 0.325 e. The average molecular weight is 237 g/mol. The number of aryl methyl sites for hydroxylation is 1. The molecule has 1 nitrogen and oxygen atoms in total. The van der Waals surface area contributed by atoms with Gasteiger partial charge in [0.1, 0.15) is 0 Å². The quantitative estimate of drug-likeness (QED) is 0.849. The Balaban J connectivity index is 1.88. The summed E-state index contributed by atoms with van der Waals surface area (Å²) in [6.07, 6.45) is 6.05. The summed E-state index contributed by atoms with van der Waals surface area (Å²) in [6.45, 7) is 4.72. The van der Waals surface area contributed by atoms with Crippen molar-refractivity contribution in [3.8, 4) is 0 Å². The summed E-state index contributed by atoms with van der Waals surface area (Å²) < 4.78 is 0. The highest BCUT2D eigenvalue weighted by Crippen LogP contribution is 2.37. The molecule has 3 atom stereocenters. The van der Waals surface area contributed by atoms with Gasteiger partial charge in [0.25, 0.3) is 0 Å². The first-order valence-electron chi connectivity index (χ1n) is 6.40. The Morgan fingerprint density at radius 2 is 2.25 bits per heavy atom. The molecule has 1 aromatic heterocycles. The van der Waals surface area contributed by atoms with Crippen LogP contribution in [0.3, 0.4) is 0 Å². The fraction of sp³-hybridized carbons (Fsp3) is 0.714. The summed E-state index contributed by atoms with van der Waals surface area (Å²) in [7, 11) is 0. The molecule has 0 amide bonds. The molecule has 0 aromatic carbocycles. The zero-order valence-electron chi connectivity index (χ0n) is 10.4. The lowest BCUT2D eigenvalue weighted by atomic mass is 9.70. The van der Waals surface area contributed by atoms with Gasteiger partial charge in [-0.1, -0.05) is 19.9 Å². The summed E-state index contributed by atoms with van der Waals surface area (Å²) >= 11 is 1.86. The van der Waals surface area contributed by atoms with Gasteiger partial charge in [0.2, 0.25) is 0 Å². The zero-order chi connectivity index (χ0) is 11.6. The Morgan fingerprint density at radius 3 is 2.88 bits per heavy atom. The van der Waals surface area contributed by atoms with Crippen LogP contribution >= 0.6 is 11.3 Å². The maximum absolute atomic E-state index is 6.53. The van der Waals surface area contributed by atoms with Crippen LogP contribution in [-0.2, 0) is 6.42 Å². The van der Waals surface area contributed by atoms with E-state index in [9.17, 15) is 0 Å². The fourth-order valence-corrected chi connectivity index (χ4v) is 3.51. The highest BCUT2D eigenvalue weighted by atomic mass is 32.1. The third-order valence-electron chi connectivity index (χ3n) is 4.25. The van der Waals surface area contributed by atoms with Crippen LogP contribution in [0.4, 0.5) is 0 Å². The van der Waals surface area contributed by atoms with Gasteiger partial charge in [-0.25, -0.2) is 0 Å². The molecule has 16 heavy (non-hydrogen) atoms. The van der Waals surface area contributed by atoms with Crippen molar-refractivity contribution in [1.29, 1.82) is 0 Å². The standard InChI is InChI=1S/C14H23NS/c1-11-5-7-14(15,10-12(11)2)8-6-13-4-3-9-16-13/h3-4,9,11-12H,5-8,10,15H2,1-2H3. The lowest BCUT2D eigenvalue weighted by molar-refractivity contribution is 0.168. The summed E-state index contributed by atoms with van der Waals surface area (Å²) in [5.74, 6) is 1.65. The van der Waals surface area contributed by atoms with E-state index < -0.39 is 0 Å². The minimum absolute atomic E-state index is 0.107. The van der Waals surface area contributed by atoms with E-state index in [1.807, 2.05) is 11.3 Å². The van der Waals surface area contributed by atoms with Gasteiger partial charge in [-0.05, 0) is 55.4 Å². The monoisotopic (exact) mass is 237 g/mol. The van der Waals surface area contributed by atoms with Gasteiger partial charge in [0.05, 0.1) is 0 Å². The second-order valence-corrected chi connectivity index (χ2v) is 6.67. The van der Waals surface area contributed by atoms with Crippen molar-refractivity contribution in [2.24, 2.45) is 17.6 Å². The zero-order valence-corrected chi connectivity index (χ0v) is 11.2. The molecular weight excluding hydrogens is 214 g/mol. The maximum atomic E-state index is 6.53. The average Bonchev–Trinajstić information content (AvgIpc) is 2.75. The molecule has 90 valence electrons. The minimum Gasteiger partial charge on any atom is -0.325 e. The first kappa shape index (κ1) is 12.1. The number of nitrogens with two attached hydrogens (primary N) is 1. The summed E-state index contributed by atoms with van der Waals surface area (Å²) in [6, 6.07) is 4.36. The number of hydrogen-bond acceptors (Lipinski definition) is 2. The van der Waals surface area contributed by atoms with Gasteiger partial charge < -0.3 is 5.73 Å². The van der Waals surface area contributed by atoms with Crippen molar-refractivity contribution in [2.45, 2.75) is 51.5 Å². The Bertz CT molecular complexity index is 319. The molecule has 1 fully saturated rings. The van der Waals surface area contributed by atoms with E-state index in [4.69, 9.17) is 5.73 Å². The van der Waals surface area contributed by atoms with Gasteiger partial charge >= 0.3 is 0 Å². The van der Waals surface area contributed by atoms with Crippen LogP contribution in [0.1, 0.15) is 44.4 Å². The van der Waals surface area contributed by atoms with E-state index in [1.165, 1.54) is 24.1 Å².